The molecule has 0 saturated heterocycles. The zero-order valence-corrected chi connectivity index (χ0v) is 19.0. The lowest BCUT2D eigenvalue weighted by molar-refractivity contribution is -0.441. The highest BCUT2D eigenvalue weighted by Crippen LogP contribution is 2.63. The van der Waals surface area contributed by atoms with Gasteiger partial charge in [-0.25, -0.2) is 4.39 Å². The van der Waals surface area contributed by atoms with Crippen molar-refractivity contribution in [3.05, 3.63) is 6.58 Å². The molecule has 37 heavy (non-hydrogen) atoms. The minimum absolute atomic E-state index is 0.0983. The second-order valence-electron chi connectivity index (χ2n) is 8.02. The summed E-state index contributed by atoms with van der Waals surface area (Å²) in [6.07, 6.45) is -3.77. The highest BCUT2D eigenvalue weighted by molar-refractivity contribution is 5.90. The third-order valence-electron chi connectivity index (χ3n) is 5.29. The van der Waals surface area contributed by atoms with Crippen LogP contribution < -0.4 is 0 Å². The Balaban J connectivity index is 6.10. The molecule has 17 heteroatoms. The van der Waals surface area contributed by atoms with Gasteiger partial charge < -0.3 is 0 Å². The summed E-state index contributed by atoms with van der Waals surface area (Å²) in [4.78, 5) is 12.5. The van der Waals surface area contributed by atoms with Gasteiger partial charge in [-0.15, -0.1) is 0 Å². The van der Waals surface area contributed by atoms with Gasteiger partial charge in [0.2, 0.25) is 0 Å². The molecule has 1 amide bonds. The van der Waals surface area contributed by atoms with Crippen LogP contribution in [-0.4, -0.2) is 59.4 Å². The van der Waals surface area contributed by atoms with Crippen molar-refractivity contribution in [3.8, 4) is 0 Å². The van der Waals surface area contributed by atoms with Gasteiger partial charge in [0.15, 0.2) is 6.17 Å². The Morgan fingerprint density at radius 3 is 1.49 bits per heavy atom. The van der Waals surface area contributed by atoms with E-state index in [0.717, 1.165) is 18.7 Å². The molecule has 0 rings (SSSR count). The summed E-state index contributed by atoms with van der Waals surface area (Å²) in [6, 6.07) is 0. The van der Waals surface area contributed by atoms with Crippen LogP contribution in [0.25, 0.3) is 0 Å². The molecule has 1 atom stereocenters. The molecule has 0 saturated carbocycles. The molecule has 0 bridgehead atoms. The number of unbranched alkanes of at least 4 members (excludes halogenated alkanes) is 6. The first-order valence-electron chi connectivity index (χ1n) is 10.5. The minimum Gasteiger partial charge on any atom is -0.265 e. The largest absolute Gasteiger partial charge is 0.395 e. The van der Waals surface area contributed by atoms with E-state index in [9.17, 15) is 70.7 Å². The molecule has 2 nitrogen and oxygen atoms in total. The van der Waals surface area contributed by atoms with Crippen molar-refractivity contribution >= 4 is 11.8 Å². The van der Waals surface area contributed by atoms with Crippen molar-refractivity contribution in [2.45, 2.75) is 106 Å². The van der Waals surface area contributed by atoms with Gasteiger partial charge in [-0.05, 0) is 18.9 Å². The average molecular weight is 577 g/mol. The van der Waals surface area contributed by atoms with E-state index in [2.05, 4.69) is 6.58 Å². The molecule has 0 fully saturated rings. The van der Waals surface area contributed by atoms with Crippen molar-refractivity contribution in [3.63, 3.8) is 0 Å². The Bertz CT molecular complexity index is 819. The number of nitrogens with zero attached hydrogens (tertiary/aromatic N) is 1. The summed E-state index contributed by atoms with van der Waals surface area (Å²) in [6.45, 7) is 4.14. The van der Waals surface area contributed by atoms with Crippen LogP contribution in [0, 0.1) is 0 Å². The van der Waals surface area contributed by atoms with E-state index in [1.54, 1.807) is 4.99 Å². The quantitative estimate of drug-likeness (QED) is 0.103. The van der Waals surface area contributed by atoms with Gasteiger partial charge in [0.25, 0.3) is 0 Å². The normalized spacial score (nSPS) is 15.4. The Labute approximate surface area is 201 Å². The number of alkyl halides is 15. The van der Waals surface area contributed by atoms with Crippen LogP contribution in [0.5, 0.6) is 0 Å². The van der Waals surface area contributed by atoms with E-state index in [1.807, 2.05) is 6.92 Å². The number of hydrogen-bond acceptors (Lipinski definition) is 1. The van der Waals surface area contributed by atoms with Gasteiger partial charge >= 0.3 is 47.4 Å². The fourth-order valence-electron chi connectivity index (χ4n) is 2.93. The van der Waals surface area contributed by atoms with Crippen LogP contribution in [0.3, 0.4) is 0 Å². The first kappa shape index (κ1) is 35.1. The molecule has 0 radical (unpaired) electrons. The Kier molecular flexibility index (Phi) is 11.2. The Morgan fingerprint density at radius 2 is 1.05 bits per heavy atom. The van der Waals surface area contributed by atoms with Crippen molar-refractivity contribution in [1.29, 1.82) is 0 Å². The SMILES string of the molecule is C=C=NC(=O)C(F)(F)C(F)(F)C(F)(F)C(F)(F)C(F)(F)C(F)(F)C(F)(F)C(F)CCCCCCCCC. The van der Waals surface area contributed by atoms with E-state index in [-0.39, 0.29) is 12.8 Å². The summed E-state index contributed by atoms with van der Waals surface area (Å²) in [5, 5.41) is 0. The van der Waals surface area contributed by atoms with Gasteiger partial charge in [0.1, 0.15) is 0 Å². The van der Waals surface area contributed by atoms with Gasteiger partial charge in [0, 0.05) is 0 Å². The van der Waals surface area contributed by atoms with Gasteiger partial charge in [-0.1, -0.05) is 51.9 Å². The van der Waals surface area contributed by atoms with E-state index in [1.165, 1.54) is 0 Å². The van der Waals surface area contributed by atoms with E-state index >= 15 is 0 Å². The van der Waals surface area contributed by atoms with Crippen LogP contribution in [0.1, 0.15) is 58.3 Å². The molecular formula is C20H22F15NO. The fourth-order valence-corrected chi connectivity index (χ4v) is 2.93. The van der Waals surface area contributed by atoms with Crippen molar-refractivity contribution in [2.24, 2.45) is 4.99 Å². The van der Waals surface area contributed by atoms with E-state index < -0.39 is 66.4 Å². The number of hydrogen-bond donors (Lipinski definition) is 0. The van der Waals surface area contributed by atoms with Crippen molar-refractivity contribution < 1.29 is 70.7 Å². The molecule has 0 aromatic carbocycles. The smallest absolute Gasteiger partial charge is 0.265 e. The number of amides is 1. The Morgan fingerprint density at radius 1 is 0.676 bits per heavy atom. The summed E-state index contributed by atoms with van der Waals surface area (Å²) in [5.41, 5.74) is 0. The monoisotopic (exact) mass is 577 g/mol. The maximum atomic E-state index is 13.8. The third-order valence-corrected chi connectivity index (χ3v) is 5.29. The summed E-state index contributed by atoms with van der Waals surface area (Å²) < 4.78 is 206. The molecule has 218 valence electrons. The Hall–Kier alpha value is -1.93. The number of halogens is 15. The highest BCUT2D eigenvalue weighted by Gasteiger charge is 2.94. The molecular weight excluding hydrogens is 555 g/mol. The zero-order chi connectivity index (χ0) is 29.7. The maximum absolute atomic E-state index is 13.8. The van der Waals surface area contributed by atoms with Crippen molar-refractivity contribution in [1.82, 2.24) is 0 Å². The van der Waals surface area contributed by atoms with Gasteiger partial charge in [-0.3, -0.25) is 4.79 Å². The predicted molar refractivity (Wildman–Crippen MR) is 100 cm³/mol. The van der Waals surface area contributed by atoms with Crippen LogP contribution in [-0.2, 0) is 4.79 Å². The summed E-state index contributed by atoms with van der Waals surface area (Å²) in [7, 11) is 0. The second-order valence-corrected chi connectivity index (χ2v) is 8.02. The number of rotatable bonds is 16. The molecule has 0 spiro atoms. The summed E-state index contributed by atoms with van der Waals surface area (Å²) in [5.74, 6) is -57.4. The second kappa shape index (κ2) is 11.9. The first-order valence-corrected chi connectivity index (χ1v) is 10.5. The molecule has 0 aliphatic rings. The molecule has 0 aliphatic carbocycles. The number of aliphatic imine (C=N–C) groups is 1. The lowest BCUT2D eigenvalue weighted by Crippen LogP contribution is -2.74. The molecule has 0 aromatic rings. The summed E-state index contributed by atoms with van der Waals surface area (Å²) >= 11 is 0. The van der Waals surface area contributed by atoms with Crippen LogP contribution >= 0.6 is 0 Å². The van der Waals surface area contributed by atoms with E-state index in [0.29, 0.717) is 12.8 Å². The van der Waals surface area contributed by atoms with E-state index in [4.69, 9.17) is 0 Å². The zero-order valence-electron chi connectivity index (χ0n) is 19.0. The minimum atomic E-state index is -8.39. The standard InChI is InChI=1S/C20H22F15NO/c1-3-5-6-7-8-9-10-11-12(21)14(22,23)16(26,27)18(30,31)20(34,35)19(32,33)17(28,29)15(24,25)13(37)36-4-2/h12H,2-3,5-11H2,1H3. The maximum Gasteiger partial charge on any atom is 0.395 e. The van der Waals surface area contributed by atoms with Gasteiger partial charge in [0.05, 0.1) is 0 Å². The predicted octanol–water partition coefficient (Wildman–Crippen LogP) is 8.29. The lowest BCUT2D eigenvalue weighted by atomic mass is 9.87. The topological polar surface area (TPSA) is 29.4 Å². The van der Waals surface area contributed by atoms with Crippen LogP contribution in [0.15, 0.2) is 11.6 Å². The average Bonchev–Trinajstić information content (AvgIpc) is 2.77. The van der Waals surface area contributed by atoms with Gasteiger partial charge in [-0.2, -0.15) is 66.5 Å². The van der Waals surface area contributed by atoms with Crippen LogP contribution in [0.2, 0.25) is 0 Å². The number of carbonyl (C=O) groups excluding carboxylic acids is 1. The molecule has 0 aromatic heterocycles. The first-order chi connectivity index (χ1) is 16.5. The molecule has 0 heterocycles. The molecule has 0 aliphatic heterocycles. The van der Waals surface area contributed by atoms with Crippen LogP contribution in [0.4, 0.5) is 65.9 Å². The number of carbonyl (C=O) groups is 1. The molecule has 0 N–H and O–H groups in total. The lowest BCUT2D eigenvalue weighted by Gasteiger charge is -2.42. The third kappa shape index (κ3) is 6.06. The van der Waals surface area contributed by atoms with Crippen molar-refractivity contribution in [2.75, 3.05) is 0 Å². The molecule has 1 unspecified atom stereocenters. The highest BCUT2D eigenvalue weighted by atomic mass is 19.4. The fraction of sp³-hybridized carbons (Fsp3) is 0.850.